The predicted octanol–water partition coefficient (Wildman–Crippen LogP) is 19.6. The average Bonchev–Trinajstić information content (AvgIpc) is 4.21. The molecule has 0 unspecified atom stereocenters. The second-order valence-corrected chi connectivity index (χ2v) is 27.1. The molecule has 0 bridgehead atoms. The first-order valence-electron chi connectivity index (χ1n) is 26.7. The molecule has 0 aliphatic rings. The predicted molar refractivity (Wildman–Crippen MR) is 327 cm³/mol. The largest absolute Gasteiger partial charge is 0.454 e. The molecule has 0 N–H and O–H groups in total. The zero-order valence-corrected chi connectivity index (χ0v) is 43.9. The van der Waals surface area contributed by atoms with E-state index in [1.54, 1.807) is 0 Å². The highest BCUT2D eigenvalue weighted by Gasteiger charge is 2.28. The third-order valence-electron chi connectivity index (χ3n) is 16.8. The Bertz CT molecular complexity index is 5290. The molecule has 0 atom stereocenters. The van der Waals surface area contributed by atoms with Crippen molar-refractivity contribution in [3.05, 3.63) is 224 Å². The third kappa shape index (κ3) is 5.78. The van der Waals surface area contributed by atoms with Crippen LogP contribution in [0.25, 0.3) is 120 Å². The lowest BCUT2D eigenvalue weighted by atomic mass is 10.0. The zero-order chi connectivity index (χ0) is 51.0. The summed E-state index contributed by atoms with van der Waals surface area (Å²) < 4.78 is 19.0. The van der Waals surface area contributed by atoms with Crippen LogP contribution in [0.5, 0.6) is 0 Å². The maximum absolute atomic E-state index is 7.08. The van der Waals surface area contributed by atoms with Gasteiger partial charge in [0.05, 0.1) is 52.5 Å². The summed E-state index contributed by atoms with van der Waals surface area (Å²) in [7, 11) is -1.72. The summed E-state index contributed by atoms with van der Waals surface area (Å²) in [5, 5.41) is 15.8. The van der Waals surface area contributed by atoms with Crippen LogP contribution in [0.2, 0.25) is 19.6 Å². The molecule has 0 radical (unpaired) electrons. The summed E-state index contributed by atoms with van der Waals surface area (Å²) in [5.74, 6) is 0. The van der Waals surface area contributed by atoms with E-state index in [1.165, 1.54) is 86.8 Å². The van der Waals surface area contributed by atoms with Crippen LogP contribution in [0.1, 0.15) is 5.56 Å². The maximum atomic E-state index is 7.08. The van der Waals surface area contributed by atoms with E-state index in [-0.39, 0.29) is 0 Å². The van der Waals surface area contributed by atoms with E-state index >= 15 is 0 Å². The second-order valence-electron chi connectivity index (χ2n) is 22.1. The smallest absolute Gasteiger partial charge is 0.159 e. The molecule has 0 aliphatic carbocycles. The summed E-state index contributed by atoms with van der Waals surface area (Å²) in [6.45, 7) is 9.31. The van der Waals surface area contributed by atoms with E-state index in [2.05, 4.69) is 264 Å². The van der Waals surface area contributed by atoms with Gasteiger partial charge in [-0.3, -0.25) is 0 Å². The monoisotopic (exact) mass is 1000 g/mol. The van der Waals surface area contributed by atoms with Gasteiger partial charge in [-0.2, -0.15) is 0 Å². The lowest BCUT2D eigenvalue weighted by molar-refractivity contribution is 0.666. The number of nitrogens with zero attached hydrogens (tertiary/aromatic N) is 4. The zero-order valence-electron chi connectivity index (χ0n) is 42.9. The number of anilines is 6. The van der Waals surface area contributed by atoms with Crippen molar-refractivity contribution in [3.63, 3.8) is 0 Å². The number of furan rings is 2. The van der Waals surface area contributed by atoms with Gasteiger partial charge in [-0.05, 0) is 90.5 Å². The van der Waals surface area contributed by atoms with E-state index in [0.29, 0.717) is 0 Å². The van der Waals surface area contributed by atoms with Crippen molar-refractivity contribution in [2.75, 3.05) is 9.80 Å². The Hall–Kier alpha value is -9.56. The van der Waals surface area contributed by atoms with E-state index < -0.39 is 8.07 Å². The van der Waals surface area contributed by atoms with Gasteiger partial charge in [-0.15, -0.1) is 0 Å². The van der Waals surface area contributed by atoms with Crippen LogP contribution < -0.4 is 15.0 Å². The highest BCUT2D eigenvalue weighted by atomic mass is 28.3. The van der Waals surface area contributed by atoms with Gasteiger partial charge in [-0.25, -0.2) is 0 Å². The topological polar surface area (TPSA) is 41.6 Å². The van der Waals surface area contributed by atoms with Crippen molar-refractivity contribution in [2.24, 2.45) is 0 Å². The number of hydrogen-bond donors (Lipinski definition) is 0. The number of aromatic nitrogens is 2. The lowest BCUT2D eigenvalue weighted by Gasteiger charge is -2.25. The fourth-order valence-corrected chi connectivity index (χ4v) is 14.9. The van der Waals surface area contributed by atoms with Gasteiger partial charge in [0, 0.05) is 87.4 Å². The first-order chi connectivity index (χ1) is 37.8. The van der Waals surface area contributed by atoms with Gasteiger partial charge < -0.3 is 27.4 Å². The minimum atomic E-state index is -1.72. The van der Waals surface area contributed by atoms with Gasteiger partial charge in [0.1, 0.15) is 11.2 Å². The van der Waals surface area contributed by atoms with Gasteiger partial charge in [0.25, 0.3) is 0 Å². The van der Waals surface area contributed by atoms with Crippen molar-refractivity contribution >= 4 is 167 Å². The average molecular weight is 1010 g/mol. The number of para-hydroxylation sites is 8. The lowest BCUT2D eigenvalue weighted by Crippen LogP contribution is -2.37. The Labute approximate surface area is 443 Å². The summed E-state index contributed by atoms with van der Waals surface area (Å²) >= 11 is 0. The van der Waals surface area contributed by atoms with Crippen molar-refractivity contribution in [2.45, 2.75) is 26.6 Å². The molecule has 77 heavy (non-hydrogen) atoms. The molecule has 11 aromatic carbocycles. The molecule has 0 aliphatic heterocycles. The molecule has 6 nitrogen and oxygen atoms in total. The van der Waals surface area contributed by atoms with Crippen LogP contribution in [0.3, 0.4) is 0 Å². The minimum absolute atomic E-state index is 0.874. The number of fused-ring (bicyclic) bond motifs is 18. The highest BCUT2D eigenvalue weighted by molar-refractivity contribution is 6.90. The number of benzene rings is 11. The Morgan fingerprint density at radius 3 is 1.19 bits per heavy atom. The summed E-state index contributed by atoms with van der Waals surface area (Å²) in [6, 6.07) is 80.3. The van der Waals surface area contributed by atoms with Gasteiger partial charge in [-0.1, -0.05) is 165 Å². The number of rotatable bonds is 7. The molecule has 17 aromatic rings. The Kier molecular flexibility index (Phi) is 8.49. The maximum Gasteiger partial charge on any atom is 0.159 e. The van der Waals surface area contributed by atoms with Gasteiger partial charge in [0.15, 0.2) is 11.2 Å². The van der Waals surface area contributed by atoms with Crippen LogP contribution in [-0.2, 0) is 0 Å². The Balaban J connectivity index is 0.895. The Morgan fingerprint density at radius 2 is 0.701 bits per heavy atom. The SMILES string of the molecule is Cc1cccc2c1oc1c(N(c3ccccc3)c3ccc4c5cccc6c7cc8c(cc7n(c4c3)c56)c3cccc4c5ccc(N(c6ccccc6)c6cccc7c6oc6c([Si](C)(C)C)cccc67)cc5n8c43)cccc12. The van der Waals surface area contributed by atoms with Crippen molar-refractivity contribution < 1.29 is 8.83 Å². The molecular formula is C70H48N4O2Si. The number of aryl methyl sites for hydroxylation is 1. The fraction of sp³-hybridized carbons (Fsp3) is 0.0571. The van der Waals surface area contributed by atoms with Crippen molar-refractivity contribution in [3.8, 4) is 0 Å². The summed E-state index contributed by atoms with van der Waals surface area (Å²) in [4.78, 5) is 4.74. The van der Waals surface area contributed by atoms with Crippen LogP contribution in [0.15, 0.2) is 227 Å². The van der Waals surface area contributed by atoms with E-state index in [0.717, 1.165) is 78.2 Å². The van der Waals surface area contributed by atoms with Crippen LogP contribution >= 0.6 is 0 Å². The molecule has 0 amide bonds. The summed E-state index contributed by atoms with van der Waals surface area (Å²) in [6.07, 6.45) is 0. The van der Waals surface area contributed by atoms with Crippen LogP contribution in [-0.4, -0.2) is 16.9 Å². The molecule has 364 valence electrons. The van der Waals surface area contributed by atoms with Crippen molar-refractivity contribution in [1.29, 1.82) is 0 Å². The van der Waals surface area contributed by atoms with E-state index in [1.807, 2.05) is 0 Å². The molecule has 6 aromatic heterocycles. The quantitative estimate of drug-likeness (QED) is 0.149. The third-order valence-corrected chi connectivity index (χ3v) is 18.8. The Morgan fingerprint density at radius 1 is 0.312 bits per heavy atom. The van der Waals surface area contributed by atoms with E-state index in [4.69, 9.17) is 8.83 Å². The first-order valence-corrected chi connectivity index (χ1v) is 30.2. The van der Waals surface area contributed by atoms with Crippen LogP contribution in [0.4, 0.5) is 34.1 Å². The first kappa shape index (κ1) is 42.8. The molecule has 6 heterocycles. The highest BCUT2D eigenvalue weighted by Crippen LogP contribution is 2.49. The van der Waals surface area contributed by atoms with Gasteiger partial charge in [0.2, 0.25) is 0 Å². The van der Waals surface area contributed by atoms with Gasteiger partial charge >= 0.3 is 0 Å². The molecule has 0 fully saturated rings. The van der Waals surface area contributed by atoms with Crippen LogP contribution in [0, 0.1) is 6.92 Å². The molecular weight excluding hydrogens is 957 g/mol. The standard InChI is InChI=1S/C70H48N4O2Si/c1-41-17-11-26-52-53-27-14-30-58(68(53)75-67(41)52)71(42-18-7-5-8-19-42)44-33-35-46-48-22-12-24-50-56-40-63-57(39-62(56)73(65(48)50)60(46)37-44)51-25-13-23-49-47-36-34-45(38-61(47)74(63)66(49)51)72(43-20-9-6-10-21-43)59-31-15-28-54-55-29-16-32-64(77(2,3)4)70(55)76-69(54)59/h5-40H,1-4H3. The summed E-state index contributed by atoms with van der Waals surface area (Å²) in [5.41, 5.74) is 18.3. The normalized spacial score (nSPS) is 12.7. The molecule has 7 heteroatoms. The van der Waals surface area contributed by atoms with E-state index in [9.17, 15) is 0 Å². The molecule has 0 saturated carbocycles. The molecule has 0 spiro atoms. The molecule has 0 saturated heterocycles. The molecule has 17 rings (SSSR count). The minimum Gasteiger partial charge on any atom is -0.454 e. The number of hydrogen-bond acceptors (Lipinski definition) is 4. The van der Waals surface area contributed by atoms with Crippen molar-refractivity contribution in [1.82, 2.24) is 8.80 Å². The fourth-order valence-electron chi connectivity index (χ4n) is 13.4. The second kappa shape index (κ2) is 15.3.